The van der Waals surface area contributed by atoms with E-state index in [1.165, 1.54) is 23.3 Å². The molecule has 102 valence electrons. The molecule has 0 aromatic heterocycles. The van der Waals surface area contributed by atoms with Crippen molar-refractivity contribution in [2.45, 2.75) is 19.4 Å². The van der Waals surface area contributed by atoms with Crippen LogP contribution in [0.15, 0.2) is 42.5 Å². The minimum Gasteiger partial charge on any atom is -0.312 e. The van der Waals surface area contributed by atoms with Crippen molar-refractivity contribution < 1.29 is 9.18 Å². The predicted octanol–water partition coefficient (Wildman–Crippen LogP) is 2.90. The van der Waals surface area contributed by atoms with E-state index in [9.17, 15) is 9.18 Å². The van der Waals surface area contributed by atoms with Crippen molar-refractivity contribution in [1.82, 2.24) is 5.32 Å². The van der Waals surface area contributed by atoms with Gasteiger partial charge in [0.1, 0.15) is 5.82 Å². The summed E-state index contributed by atoms with van der Waals surface area (Å²) in [5.41, 5.74) is 3.93. The van der Waals surface area contributed by atoms with Gasteiger partial charge in [0, 0.05) is 18.5 Å². The number of halogens is 1. The standard InChI is InChI=1S/C17H16FNO/c18-16-3-1-2-12(8-16)9-17(20)14-5-4-13-6-7-19-11-15(13)10-14/h1-5,8,10,19H,6-7,9,11H2. The van der Waals surface area contributed by atoms with Crippen molar-refractivity contribution in [2.24, 2.45) is 0 Å². The summed E-state index contributed by atoms with van der Waals surface area (Å²) in [4.78, 5) is 12.3. The molecule has 3 heteroatoms. The Labute approximate surface area is 117 Å². The highest BCUT2D eigenvalue weighted by atomic mass is 19.1. The van der Waals surface area contributed by atoms with E-state index < -0.39 is 0 Å². The van der Waals surface area contributed by atoms with E-state index in [0.29, 0.717) is 11.1 Å². The first-order valence-electron chi connectivity index (χ1n) is 6.82. The molecular formula is C17H16FNO. The summed E-state index contributed by atoms with van der Waals surface area (Å²) >= 11 is 0. The number of hydrogen-bond donors (Lipinski definition) is 1. The van der Waals surface area contributed by atoms with E-state index in [0.717, 1.165) is 19.5 Å². The molecule has 0 radical (unpaired) electrons. The molecule has 0 spiro atoms. The number of rotatable bonds is 3. The second kappa shape index (κ2) is 5.55. The Balaban J connectivity index is 1.80. The van der Waals surface area contributed by atoms with E-state index in [4.69, 9.17) is 0 Å². The van der Waals surface area contributed by atoms with E-state index >= 15 is 0 Å². The van der Waals surface area contributed by atoms with Crippen LogP contribution in [0.3, 0.4) is 0 Å². The van der Waals surface area contributed by atoms with Gasteiger partial charge in [-0.05, 0) is 47.9 Å². The molecule has 3 rings (SSSR count). The highest BCUT2D eigenvalue weighted by Crippen LogP contribution is 2.17. The highest BCUT2D eigenvalue weighted by molar-refractivity contribution is 5.97. The smallest absolute Gasteiger partial charge is 0.167 e. The third-order valence-corrected chi connectivity index (χ3v) is 3.67. The second-order valence-electron chi connectivity index (χ2n) is 5.14. The lowest BCUT2D eigenvalue weighted by Crippen LogP contribution is -2.23. The Morgan fingerprint density at radius 2 is 2.05 bits per heavy atom. The number of fused-ring (bicyclic) bond motifs is 1. The molecule has 1 aliphatic heterocycles. The van der Waals surface area contributed by atoms with Gasteiger partial charge in [0.2, 0.25) is 0 Å². The molecule has 0 fully saturated rings. The van der Waals surface area contributed by atoms with Crippen LogP contribution >= 0.6 is 0 Å². The molecule has 1 aliphatic rings. The molecule has 2 nitrogen and oxygen atoms in total. The number of Topliss-reactive ketones (excluding diaryl/α,β-unsaturated/α-hetero) is 1. The van der Waals surface area contributed by atoms with Crippen molar-refractivity contribution in [3.8, 4) is 0 Å². The van der Waals surface area contributed by atoms with Crippen molar-refractivity contribution in [2.75, 3.05) is 6.54 Å². The van der Waals surface area contributed by atoms with Gasteiger partial charge in [-0.15, -0.1) is 0 Å². The average molecular weight is 269 g/mol. The Bertz CT molecular complexity index is 651. The van der Waals surface area contributed by atoms with Gasteiger partial charge in [-0.2, -0.15) is 0 Å². The van der Waals surface area contributed by atoms with E-state index in [1.807, 2.05) is 18.2 Å². The van der Waals surface area contributed by atoms with Crippen LogP contribution in [0.25, 0.3) is 0 Å². The quantitative estimate of drug-likeness (QED) is 0.868. The number of benzene rings is 2. The first-order chi connectivity index (χ1) is 9.72. The summed E-state index contributed by atoms with van der Waals surface area (Å²) in [5, 5.41) is 3.30. The SMILES string of the molecule is O=C(Cc1cccc(F)c1)c1ccc2c(c1)CNCC2. The number of nitrogens with one attached hydrogen (secondary N) is 1. The van der Waals surface area contributed by atoms with Crippen LogP contribution in [-0.2, 0) is 19.4 Å². The molecule has 0 bridgehead atoms. The Hall–Kier alpha value is -2.00. The largest absolute Gasteiger partial charge is 0.312 e. The molecule has 0 saturated carbocycles. The van der Waals surface area contributed by atoms with E-state index in [1.54, 1.807) is 12.1 Å². The number of hydrogen-bond acceptors (Lipinski definition) is 2. The van der Waals surface area contributed by atoms with Crippen molar-refractivity contribution in [3.05, 3.63) is 70.5 Å². The number of ketones is 1. The first kappa shape index (κ1) is 13.0. The third kappa shape index (κ3) is 2.78. The van der Waals surface area contributed by atoms with E-state index in [2.05, 4.69) is 5.32 Å². The van der Waals surface area contributed by atoms with Crippen LogP contribution in [-0.4, -0.2) is 12.3 Å². The molecule has 20 heavy (non-hydrogen) atoms. The fraction of sp³-hybridized carbons (Fsp3) is 0.235. The zero-order valence-electron chi connectivity index (χ0n) is 11.2. The van der Waals surface area contributed by atoms with Crippen molar-refractivity contribution in [3.63, 3.8) is 0 Å². The number of carbonyl (C=O) groups is 1. The summed E-state index contributed by atoms with van der Waals surface area (Å²) < 4.78 is 13.1. The van der Waals surface area contributed by atoms with Gasteiger partial charge in [0.25, 0.3) is 0 Å². The minimum atomic E-state index is -0.301. The summed E-state index contributed by atoms with van der Waals surface area (Å²) in [6, 6.07) is 12.1. The Kier molecular flexibility index (Phi) is 3.61. The second-order valence-corrected chi connectivity index (χ2v) is 5.14. The van der Waals surface area contributed by atoms with Gasteiger partial charge in [-0.25, -0.2) is 4.39 Å². The maximum absolute atomic E-state index is 13.1. The minimum absolute atomic E-state index is 0.0315. The maximum Gasteiger partial charge on any atom is 0.167 e. The number of carbonyl (C=O) groups excluding carboxylic acids is 1. The molecule has 1 heterocycles. The van der Waals surface area contributed by atoms with Gasteiger partial charge in [0.15, 0.2) is 5.78 Å². The monoisotopic (exact) mass is 269 g/mol. The van der Waals surface area contributed by atoms with Crippen LogP contribution in [0.1, 0.15) is 27.0 Å². The molecular weight excluding hydrogens is 253 g/mol. The molecule has 0 aliphatic carbocycles. The van der Waals surface area contributed by atoms with Gasteiger partial charge in [-0.1, -0.05) is 24.3 Å². The van der Waals surface area contributed by atoms with Gasteiger partial charge in [-0.3, -0.25) is 4.79 Å². The lowest BCUT2D eigenvalue weighted by atomic mass is 9.95. The first-order valence-corrected chi connectivity index (χ1v) is 6.82. The van der Waals surface area contributed by atoms with Gasteiger partial charge in [0.05, 0.1) is 0 Å². The highest BCUT2D eigenvalue weighted by Gasteiger charge is 2.13. The summed E-state index contributed by atoms with van der Waals surface area (Å²) in [5.74, 6) is -0.270. The molecule has 0 amide bonds. The van der Waals surface area contributed by atoms with Crippen LogP contribution in [0.5, 0.6) is 0 Å². The molecule has 2 aromatic rings. The topological polar surface area (TPSA) is 29.1 Å². The van der Waals surface area contributed by atoms with Crippen LogP contribution in [0.4, 0.5) is 4.39 Å². The fourth-order valence-electron chi connectivity index (χ4n) is 2.59. The van der Waals surface area contributed by atoms with Crippen LogP contribution in [0, 0.1) is 5.82 Å². The molecule has 2 aromatic carbocycles. The van der Waals surface area contributed by atoms with Gasteiger partial charge < -0.3 is 5.32 Å². The molecule has 0 atom stereocenters. The summed E-state index contributed by atoms with van der Waals surface area (Å²) in [6.07, 6.45) is 1.25. The Morgan fingerprint density at radius 1 is 1.15 bits per heavy atom. The predicted molar refractivity (Wildman–Crippen MR) is 76.3 cm³/mol. The normalized spacial score (nSPS) is 13.8. The zero-order chi connectivity index (χ0) is 13.9. The van der Waals surface area contributed by atoms with Crippen LogP contribution < -0.4 is 5.32 Å². The zero-order valence-corrected chi connectivity index (χ0v) is 11.2. The van der Waals surface area contributed by atoms with Crippen molar-refractivity contribution >= 4 is 5.78 Å². The maximum atomic E-state index is 13.1. The van der Waals surface area contributed by atoms with E-state index in [-0.39, 0.29) is 18.0 Å². The fourth-order valence-corrected chi connectivity index (χ4v) is 2.59. The molecule has 1 N–H and O–H groups in total. The van der Waals surface area contributed by atoms with Crippen LogP contribution in [0.2, 0.25) is 0 Å². The lowest BCUT2D eigenvalue weighted by molar-refractivity contribution is 0.0993. The molecule has 0 unspecified atom stereocenters. The third-order valence-electron chi connectivity index (χ3n) is 3.67. The molecule has 0 saturated heterocycles. The van der Waals surface area contributed by atoms with Gasteiger partial charge >= 0.3 is 0 Å². The summed E-state index contributed by atoms with van der Waals surface area (Å²) in [6.45, 7) is 1.81. The average Bonchev–Trinajstić information content (AvgIpc) is 2.47. The Morgan fingerprint density at radius 3 is 2.90 bits per heavy atom. The van der Waals surface area contributed by atoms with Crippen molar-refractivity contribution in [1.29, 1.82) is 0 Å². The lowest BCUT2D eigenvalue weighted by Gasteiger charge is -2.17. The summed E-state index contributed by atoms with van der Waals surface area (Å²) in [7, 11) is 0.